The molecule has 2 saturated heterocycles. The van der Waals surface area contributed by atoms with Crippen LogP contribution in [-0.4, -0.2) is 90.1 Å². The zero-order valence-corrected chi connectivity index (χ0v) is 19.1. The summed E-state index contributed by atoms with van der Waals surface area (Å²) >= 11 is 0. The van der Waals surface area contributed by atoms with Crippen LogP contribution in [0.15, 0.2) is 29.2 Å². The van der Waals surface area contributed by atoms with Gasteiger partial charge in [-0.15, -0.1) is 24.8 Å². The molecule has 2 heterocycles. The lowest BCUT2D eigenvalue weighted by Gasteiger charge is -2.37. The summed E-state index contributed by atoms with van der Waals surface area (Å²) in [6.45, 7) is 7.24. The van der Waals surface area contributed by atoms with Crippen LogP contribution in [0.5, 0.6) is 0 Å². The predicted molar refractivity (Wildman–Crippen MR) is 120 cm³/mol. The van der Waals surface area contributed by atoms with Crippen molar-refractivity contribution in [3.63, 3.8) is 0 Å². The van der Waals surface area contributed by atoms with Crippen molar-refractivity contribution in [3.8, 4) is 0 Å². The van der Waals surface area contributed by atoms with Crippen molar-refractivity contribution in [2.24, 2.45) is 0 Å². The highest BCUT2D eigenvalue weighted by molar-refractivity contribution is 7.89. The first-order valence-corrected chi connectivity index (χ1v) is 11.0. The van der Waals surface area contributed by atoms with Crippen molar-refractivity contribution in [2.45, 2.75) is 11.3 Å². The Bertz CT molecular complexity index is 752. The largest absolute Gasteiger partial charge is 0.368 e. The monoisotopic (exact) mass is 467 g/mol. The molecule has 0 aromatic heterocycles. The number of nitrogens with zero attached hydrogens (tertiary/aromatic N) is 3. The number of halogens is 2. The van der Waals surface area contributed by atoms with E-state index in [1.165, 1.54) is 7.05 Å². The second-order valence-electron chi connectivity index (χ2n) is 6.88. The van der Waals surface area contributed by atoms with Gasteiger partial charge in [0.2, 0.25) is 15.9 Å². The molecule has 1 aromatic rings. The fraction of sp³-hybridized carbons (Fsp3) is 0.611. The third kappa shape index (κ3) is 6.70. The first-order chi connectivity index (χ1) is 13.0. The zero-order chi connectivity index (χ0) is 19.3. The van der Waals surface area contributed by atoms with Crippen LogP contribution in [0.3, 0.4) is 0 Å². The van der Waals surface area contributed by atoms with Crippen LogP contribution in [0.4, 0.5) is 5.69 Å². The summed E-state index contributed by atoms with van der Waals surface area (Å²) in [7, 11) is -2.06. The second-order valence-corrected chi connectivity index (χ2v) is 8.74. The van der Waals surface area contributed by atoms with Crippen molar-refractivity contribution in [3.05, 3.63) is 24.3 Å². The molecule has 0 atom stereocenters. The molecule has 1 aromatic carbocycles. The highest BCUT2D eigenvalue weighted by atomic mass is 35.5. The van der Waals surface area contributed by atoms with E-state index < -0.39 is 10.0 Å². The lowest BCUT2D eigenvalue weighted by atomic mass is 10.2. The Morgan fingerprint density at radius 3 is 2.28 bits per heavy atom. The van der Waals surface area contributed by atoms with Crippen LogP contribution in [0.2, 0.25) is 0 Å². The number of para-hydroxylation sites is 1. The van der Waals surface area contributed by atoms with Gasteiger partial charge < -0.3 is 15.1 Å². The Hall–Kier alpha value is -1.10. The van der Waals surface area contributed by atoms with E-state index in [9.17, 15) is 13.2 Å². The van der Waals surface area contributed by atoms with E-state index in [0.29, 0.717) is 11.3 Å². The molecule has 0 saturated carbocycles. The van der Waals surface area contributed by atoms with Gasteiger partial charge in [0.05, 0.1) is 5.69 Å². The summed E-state index contributed by atoms with van der Waals surface area (Å²) < 4.78 is 26.9. The van der Waals surface area contributed by atoms with Gasteiger partial charge in [0, 0.05) is 65.3 Å². The van der Waals surface area contributed by atoms with Crippen molar-refractivity contribution < 1.29 is 13.2 Å². The molecule has 11 heteroatoms. The fourth-order valence-corrected chi connectivity index (χ4v) is 4.54. The predicted octanol–water partition coefficient (Wildman–Crippen LogP) is 0.382. The molecule has 2 aliphatic rings. The van der Waals surface area contributed by atoms with E-state index in [2.05, 4.69) is 19.8 Å². The summed E-state index contributed by atoms with van der Waals surface area (Å²) in [6, 6.07) is 7.10. The highest BCUT2D eigenvalue weighted by Crippen LogP contribution is 2.25. The average molecular weight is 468 g/mol. The van der Waals surface area contributed by atoms with E-state index in [4.69, 9.17) is 0 Å². The number of hydrogen-bond donors (Lipinski definition) is 2. The number of sulfonamides is 1. The number of anilines is 1. The average Bonchev–Trinajstić information content (AvgIpc) is 2.73. The summed E-state index contributed by atoms with van der Waals surface area (Å²) in [5.74, 6) is 0.226. The second kappa shape index (κ2) is 11.9. The van der Waals surface area contributed by atoms with Crippen LogP contribution in [0.25, 0.3) is 0 Å². The van der Waals surface area contributed by atoms with E-state index in [1.807, 2.05) is 17.0 Å². The van der Waals surface area contributed by atoms with Crippen LogP contribution in [0.1, 0.15) is 6.42 Å². The molecule has 2 aliphatic heterocycles. The lowest BCUT2D eigenvalue weighted by molar-refractivity contribution is -0.132. The SMILES string of the molecule is CNS(=O)(=O)c1ccccc1N1CCN(CCC(=O)N2CCNCC2)CC1.Cl.Cl. The maximum absolute atomic E-state index is 12.3. The molecule has 8 nitrogen and oxygen atoms in total. The Morgan fingerprint density at radius 2 is 1.66 bits per heavy atom. The van der Waals surface area contributed by atoms with Crippen LogP contribution >= 0.6 is 24.8 Å². The van der Waals surface area contributed by atoms with Gasteiger partial charge >= 0.3 is 0 Å². The minimum absolute atomic E-state index is 0. The minimum atomic E-state index is -3.49. The Morgan fingerprint density at radius 1 is 1.03 bits per heavy atom. The molecule has 166 valence electrons. The summed E-state index contributed by atoms with van der Waals surface area (Å²) in [6.07, 6.45) is 0.546. The minimum Gasteiger partial charge on any atom is -0.368 e. The number of piperazine rings is 2. The summed E-state index contributed by atoms with van der Waals surface area (Å²) in [5.41, 5.74) is 0.739. The normalized spacial score (nSPS) is 18.0. The van der Waals surface area contributed by atoms with Crippen molar-refractivity contribution in [2.75, 3.05) is 70.9 Å². The lowest BCUT2D eigenvalue weighted by Crippen LogP contribution is -2.49. The molecule has 0 spiro atoms. The van der Waals surface area contributed by atoms with Gasteiger partial charge in [-0.2, -0.15) is 0 Å². The highest BCUT2D eigenvalue weighted by Gasteiger charge is 2.24. The molecular formula is C18H31Cl2N5O3S. The number of hydrogen-bond acceptors (Lipinski definition) is 6. The smallest absolute Gasteiger partial charge is 0.242 e. The number of benzene rings is 1. The van der Waals surface area contributed by atoms with Gasteiger partial charge in [-0.05, 0) is 19.2 Å². The van der Waals surface area contributed by atoms with E-state index in [1.54, 1.807) is 12.1 Å². The molecule has 3 rings (SSSR count). The molecule has 0 aliphatic carbocycles. The number of carbonyl (C=O) groups is 1. The van der Waals surface area contributed by atoms with Crippen molar-refractivity contribution >= 4 is 46.4 Å². The molecule has 1 amide bonds. The van der Waals surface area contributed by atoms with Crippen LogP contribution in [-0.2, 0) is 14.8 Å². The molecule has 0 unspecified atom stereocenters. The number of carbonyl (C=O) groups excluding carboxylic acids is 1. The van der Waals surface area contributed by atoms with E-state index in [0.717, 1.165) is 64.6 Å². The zero-order valence-electron chi connectivity index (χ0n) is 16.7. The summed E-state index contributed by atoms with van der Waals surface area (Å²) in [4.78, 5) is 18.9. The third-order valence-electron chi connectivity index (χ3n) is 5.25. The molecule has 29 heavy (non-hydrogen) atoms. The first kappa shape index (κ1) is 25.9. The van der Waals surface area contributed by atoms with E-state index >= 15 is 0 Å². The number of amides is 1. The topological polar surface area (TPSA) is 85.0 Å². The Kier molecular flexibility index (Phi) is 10.7. The standard InChI is InChI=1S/C18H29N5O3S.2ClH/c1-19-27(25,26)17-5-3-2-4-16(17)22-14-12-21(13-15-22)9-6-18(24)23-10-7-20-8-11-23;;/h2-5,19-20H,6-15H2,1H3;2*1H. The Balaban J connectivity index is 0.00000210. The van der Waals surface area contributed by atoms with Crippen molar-refractivity contribution in [1.82, 2.24) is 19.8 Å². The van der Waals surface area contributed by atoms with Gasteiger partial charge in [-0.1, -0.05) is 12.1 Å². The molecule has 2 fully saturated rings. The molecule has 2 N–H and O–H groups in total. The molecule has 0 radical (unpaired) electrons. The number of rotatable bonds is 6. The van der Waals surface area contributed by atoms with Gasteiger partial charge in [0.25, 0.3) is 0 Å². The Labute approximate surface area is 185 Å². The quantitative estimate of drug-likeness (QED) is 0.628. The van der Waals surface area contributed by atoms with Crippen molar-refractivity contribution in [1.29, 1.82) is 0 Å². The molecule has 0 bridgehead atoms. The third-order valence-corrected chi connectivity index (χ3v) is 6.71. The van der Waals surface area contributed by atoms with Gasteiger partial charge in [0.15, 0.2) is 0 Å². The van der Waals surface area contributed by atoms with Gasteiger partial charge in [0.1, 0.15) is 4.90 Å². The molecular weight excluding hydrogens is 437 g/mol. The summed E-state index contributed by atoms with van der Waals surface area (Å²) in [5, 5.41) is 3.26. The maximum Gasteiger partial charge on any atom is 0.242 e. The van der Waals surface area contributed by atoms with E-state index in [-0.39, 0.29) is 30.7 Å². The maximum atomic E-state index is 12.3. The van der Waals surface area contributed by atoms with Crippen LogP contribution < -0.4 is 14.9 Å². The van der Waals surface area contributed by atoms with Gasteiger partial charge in [-0.3, -0.25) is 9.69 Å². The van der Waals surface area contributed by atoms with Crippen LogP contribution in [0, 0.1) is 0 Å². The number of nitrogens with one attached hydrogen (secondary N) is 2. The van der Waals surface area contributed by atoms with Gasteiger partial charge in [-0.25, -0.2) is 13.1 Å². The fourth-order valence-electron chi connectivity index (χ4n) is 3.59. The first-order valence-electron chi connectivity index (χ1n) is 9.49.